The Bertz CT molecular complexity index is 445. The van der Waals surface area contributed by atoms with Gasteiger partial charge in [-0.05, 0) is 6.92 Å². The number of aromatic hydroxyl groups is 1. The number of ether oxygens (including phenoxy) is 2. The summed E-state index contributed by atoms with van der Waals surface area (Å²) in [7, 11) is 1.03. The summed E-state index contributed by atoms with van der Waals surface area (Å²) < 4.78 is 43.7. The van der Waals surface area contributed by atoms with E-state index in [0.29, 0.717) is 6.07 Å². The highest BCUT2D eigenvalue weighted by atomic mass is 19.4. The third kappa shape index (κ3) is 3.23. The maximum atomic E-state index is 11.9. The number of halogens is 3. The first-order chi connectivity index (χ1) is 7.74. The monoisotopic (exact) mass is 251 g/mol. The normalized spacial score (nSPS) is 11.1. The fourth-order valence-corrected chi connectivity index (χ4v) is 1.07. The summed E-state index contributed by atoms with van der Waals surface area (Å²) in [5, 5.41) is 9.42. The van der Waals surface area contributed by atoms with E-state index < -0.39 is 29.5 Å². The Morgan fingerprint density at radius 3 is 2.53 bits per heavy atom. The Morgan fingerprint density at radius 2 is 2.06 bits per heavy atom. The van der Waals surface area contributed by atoms with Gasteiger partial charge in [0, 0.05) is 6.07 Å². The topological polar surface area (TPSA) is 68.7 Å². The van der Waals surface area contributed by atoms with Crippen molar-refractivity contribution in [3.05, 3.63) is 17.3 Å². The SMILES string of the molecule is COC(=O)c1cc(OC(F)(F)F)nc(C)c1O. The zero-order chi connectivity index (χ0) is 13.2. The summed E-state index contributed by atoms with van der Waals surface area (Å²) in [6.45, 7) is 1.23. The number of carbonyl (C=O) groups is 1. The summed E-state index contributed by atoms with van der Waals surface area (Å²) in [5.74, 6) is -2.38. The molecule has 8 heteroatoms. The van der Waals surface area contributed by atoms with Gasteiger partial charge in [0.25, 0.3) is 0 Å². The molecule has 17 heavy (non-hydrogen) atoms. The van der Waals surface area contributed by atoms with Gasteiger partial charge in [0.05, 0.1) is 12.8 Å². The van der Waals surface area contributed by atoms with E-state index in [1.807, 2.05) is 0 Å². The standard InChI is InChI=1S/C9H8F3NO4/c1-4-7(14)5(8(15)16-2)3-6(13-4)17-9(10,11)12/h3,14H,1-2H3. The van der Waals surface area contributed by atoms with E-state index in [4.69, 9.17) is 0 Å². The van der Waals surface area contributed by atoms with Crippen molar-refractivity contribution in [2.45, 2.75) is 13.3 Å². The van der Waals surface area contributed by atoms with Gasteiger partial charge in [0.2, 0.25) is 5.88 Å². The van der Waals surface area contributed by atoms with Gasteiger partial charge in [-0.25, -0.2) is 9.78 Å². The zero-order valence-electron chi connectivity index (χ0n) is 8.83. The smallest absolute Gasteiger partial charge is 0.505 e. The molecule has 1 heterocycles. The van der Waals surface area contributed by atoms with Crippen LogP contribution >= 0.6 is 0 Å². The highest BCUT2D eigenvalue weighted by molar-refractivity contribution is 5.92. The van der Waals surface area contributed by atoms with Gasteiger partial charge >= 0.3 is 12.3 Å². The number of aromatic nitrogens is 1. The van der Waals surface area contributed by atoms with E-state index in [0.717, 1.165) is 7.11 Å². The highest BCUT2D eigenvalue weighted by Gasteiger charge is 2.32. The van der Waals surface area contributed by atoms with Crippen molar-refractivity contribution in [3.8, 4) is 11.6 Å². The number of nitrogens with zero attached hydrogens (tertiary/aromatic N) is 1. The molecule has 0 saturated carbocycles. The molecule has 0 saturated heterocycles. The molecule has 0 radical (unpaired) electrons. The van der Waals surface area contributed by atoms with Gasteiger partial charge in [-0.15, -0.1) is 13.2 Å². The number of alkyl halides is 3. The first kappa shape index (κ1) is 13.1. The molecule has 0 aliphatic rings. The summed E-state index contributed by atoms with van der Waals surface area (Å²) >= 11 is 0. The minimum atomic E-state index is -4.93. The summed E-state index contributed by atoms with van der Waals surface area (Å²) in [4.78, 5) is 14.5. The third-order valence-electron chi connectivity index (χ3n) is 1.77. The molecule has 94 valence electrons. The lowest BCUT2D eigenvalue weighted by atomic mass is 10.2. The van der Waals surface area contributed by atoms with Crippen molar-refractivity contribution in [2.24, 2.45) is 0 Å². The fourth-order valence-electron chi connectivity index (χ4n) is 1.07. The lowest BCUT2D eigenvalue weighted by Crippen LogP contribution is -2.18. The summed E-state index contributed by atoms with van der Waals surface area (Å²) in [6, 6.07) is 0.654. The molecule has 0 aliphatic heterocycles. The predicted molar refractivity (Wildman–Crippen MR) is 48.7 cm³/mol. The van der Waals surface area contributed by atoms with Crippen LogP contribution in [0.3, 0.4) is 0 Å². The molecule has 0 aliphatic carbocycles. The van der Waals surface area contributed by atoms with E-state index in [-0.39, 0.29) is 5.69 Å². The van der Waals surface area contributed by atoms with Crippen LogP contribution in [0.2, 0.25) is 0 Å². The third-order valence-corrected chi connectivity index (χ3v) is 1.77. The molecule has 0 amide bonds. The van der Waals surface area contributed by atoms with E-state index in [2.05, 4.69) is 14.5 Å². The van der Waals surface area contributed by atoms with Crippen LogP contribution in [0.4, 0.5) is 13.2 Å². The van der Waals surface area contributed by atoms with E-state index in [1.165, 1.54) is 6.92 Å². The first-order valence-corrected chi connectivity index (χ1v) is 4.29. The van der Waals surface area contributed by atoms with Crippen LogP contribution in [0.1, 0.15) is 16.1 Å². The van der Waals surface area contributed by atoms with Crippen molar-refractivity contribution < 1.29 is 32.5 Å². The van der Waals surface area contributed by atoms with Gasteiger partial charge in [-0.2, -0.15) is 0 Å². The Balaban J connectivity index is 3.19. The van der Waals surface area contributed by atoms with Crippen molar-refractivity contribution in [2.75, 3.05) is 7.11 Å². The van der Waals surface area contributed by atoms with Crippen molar-refractivity contribution in [1.29, 1.82) is 0 Å². The van der Waals surface area contributed by atoms with Crippen LogP contribution in [0.15, 0.2) is 6.07 Å². The molecular weight excluding hydrogens is 243 g/mol. The second-order valence-corrected chi connectivity index (χ2v) is 2.98. The molecule has 1 aromatic heterocycles. The number of pyridine rings is 1. The number of hydrogen-bond donors (Lipinski definition) is 1. The number of methoxy groups -OCH3 is 1. The van der Waals surface area contributed by atoms with Crippen LogP contribution in [0, 0.1) is 6.92 Å². The first-order valence-electron chi connectivity index (χ1n) is 4.29. The average molecular weight is 251 g/mol. The fraction of sp³-hybridized carbons (Fsp3) is 0.333. The minimum Gasteiger partial charge on any atom is -0.505 e. The molecule has 1 rings (SSSR count). The Kier molecular flexibility index (Phi) is 3.45. The number of hydrogen-bond acceptors (Lipinski definition) is 5. The van der Waals surface area contributed by atoms with Gasteiger partial charge in [-0.3, -0.25) is 0 Å². The molecule has 0 spiro atoms. The summed E-state index contributed by atoms with van der Waals surface area (Å²) in [5.41, 5.74) is -0.619. The van der Waals surface area contributed by atoms with Crippen LogP contribution in [0.5, 0.6) is 11.6 Å². The second-order valence-electron chi connectivity index (χ2n) is 2.98. The van der Waals surface area contributed by atoms with E-state index in [1.54, 1.807) is 0 Å². The van der Waals surface area contributed by atoms with Crippen molar-refractivity contribution >= 4 is 5.97 Å². The van der Waals surface area contributed by atoms with Crippen LogP contribution in [-0.4, -0.2) is 29.5 Å². The quantitative estimate of drug-likeness (QED) is 0.811. The molecule has 0 bridgehead atoms. The average Bonchev–Trinajstić information content (AvgIpc) is 2.19. The van der Waals surface area contributed by atoms with E-state index in [9.17, 15) is 23.1 Å². The largest absolute Gasteiger partial charge is 0.574 e. The molecule has 0 aromatic carbocycles. The maximum Gasteiger partial charge on any atom is 0.574 e. The van der Waals surface area contributed by atoms with Crippen LogP contribution < -0.4 is 4.74 Å². The van der Waals surface area contributed by atoms with Gasteiger partial charge in [0.15, 0.2) is 5.75 Å². The maximum absolute atomic E-state index is 11.9. The molecule has 0 unspecified atom stereocenters. The predicted octanol–water partition coefficient (Wildman–Crippen LogP) is 1.78. The Hall–Kier alpha value is -1.99. The second kappa shape index (κ2) is 4.48. The lowest BCUT2D eigenvalue weighted by molar-refractivity contribution is -0.276. The summed E-state index contributed by atoms with van der Waals surface area (Å²) in [6.07, 6.45) is -4.93. The van der Waals surface area contributed by atoms with Gasteiger partial charge in [0.1, 0.15) is 5.56 Å². The highest BCUT2D eigenvalue weighted by Crippen LogP contribution is 2.28. The number of rotatable bonds is 2. The molecule has 5 nitrogen and oxygen atoms in total. The molecule has 0 fully saturated rings. The minimum absolute atomic E-state index is 0.174. The van der Waals surface area contributed by atoms with Crippen molar-refractivity contribution in [1.82, 2.24) is 4.98 Å². The molecule has 0 atom stereocenters. The molecular formula is C9H8F3NO4. The van der Waals surface area contributed by atoms with Crippen molar-refractivity contribution in [3.63, 3.8) is 0 Å². The Labute approximate surface area is 93.8 Å². The van der Waals surface area contributed by atoms with Crippen LogP contribution in [0.25, 0.3) is 0 Å². The molecule has 1 aromatic rings. The number of aryl methyl sites for hydroxylation is 1. The van der Waals surface area contributed by atoms with Crippen LogP contribution in [-0.2, 0) is 4.74 Å². The van der Waals surface area contributed by atoms with Gasteiger partial charge in [-0.1, -0.05) is 0 Å². The van der Waals surface area contributed by atoms with Gasteiger partial charge < -0.3 is 14.6 Å². The Morgan fingerprint density at radius 1 is 1.47 bits per heavy atom. The number of esters is 1. The number of carbonyl (C=O) groups excluding carboxylic acids is 1. The lowest BCUT2D eigenvalue weighted by Gasteiger charge is -2.11. The van der Waals surface area contributed by atoms with E-state index >= 15 is 0 Å². The zero-order valence-corrected chi connectivity index (χ0v) is 8.83. The molecule has 1 N–H and O–H groups in total.